The average molecular weight is 248 g/mol. The predicted octanol–water partition coefficient (Wildman–Crippen LogP) is 3.14. The SMILES string of the molecule is NCc1cnsc1C1C2CC3CC(C2)CC1C3. The van der Waals surface area contributed by atoms with Gasteiger partial charge in [-0.1, -0.05) is 0 Å². The molecule has 0 spiro atoms. The van der Waals surface area contributed by atoms with E-state index in [0.717, 1.165) is 29.6 Å². The van der Waals surface area contributed by atoms with Gasteiger partial charge in [-0.3, -0.25) is 0 Å². The third kappa shape index (κ3) is 1.52. The molecule has 4 aliphatic rings. The molecule has 4 fully saturated rings. The van der Waals surface area contributed by atoms with E-state index in [9.17, 15) is 0 Å². The Hall–Kier alpha value is -0.410. The summed E-state index contributed by atoms with van der Waals surface area (Å²) >= 11 is 1.72. The van der Waals surface area contributed by atoms with Gasteiger partial charge in [-0.05, 0) is 72.9 Å². The minimum absolute atomic E-state index is 0.675. The second-order valence-electron chi connectivity index (χ2n) is 6.38. The highest BCUT2D eigenvalue weighted by Gasteiger charge is 2.49. The number of hydrogen-bond donors (Lipinski definition) is 1. The molecule has 2 nitrogen and oxygen atoms in total. The average Bonchev–Trinajstić information content (AvgIpc) is 2.75. The maximum absolute atomic E-state index is 5.85. The first-order valence-electron chi connectivity index (χ1n) is 6.98. The van der Waals surface area contributed by atoms with Gasteiger partial charge in [-0.15, -0.1) is 0 Å². The van der Waals surface area contributed by atoms with Crippen molar-refractivity contribution in [3.63, 3.8) is 0 Å². The van der Waals surface area contributed by atoms with Crippen molar-refractivity contribution >= 4 is 11.5 Å². The maximum atomic E-state index is 5.85. The lowest BCUT2D eigenvalue weighted by atomic mass is 9.51. The van der Waals surface area contributed by atoms with Gasteiger partial charge in [0.2, 0.25) is 0 Å². The number of rotatable bonds is 2. The summed E-state index contributed by atoms with van der Waals surface area (Å²) in [5.41, 5.74) is 7.18. The maximum Gasteiger partial charge on any atom is 0.0454 e. The molecule has 0 atom stereocenters. The third-order valence-corrected chi connectivity index (χ3v) is 6.37. The van der Waals surface area contributed by atoms with Gasteiger partial charge in [0, 0.05) is 23.5 Å². The van der Waals surface area contributed by atoms with E-state index in [1.54, 1.807) is 16.4 Å². The van der Waals surface area contributed by atoms with Gasteiger partial charge in [-0.2, -0.15) is 0 Å². The molecule has 1 aromatic heterocycles. The van der Waals surface area contributed by atoms with E-state index >= 15 is 0 Å². The van der Waals surface area contributed by atoms with Gasteiger partial charge >= 0.3 is 0 Å². The molecule has 2 N–H and O–H groups in total. The van der Waals surface area contributed by atoms with Crippen molar-refractivity contribution in [2.45, 2.75) is 44.6 Å². The van der Waals surface area contributed by atoms with Gasteiger partial charge in [0.05, 0.1) is 0 Å². The highest BCUT2D eigenvalue weighted by Crippen LogP contribution is 2.60. The Morgan fingerprint density at radius 1 is 1.12 bits per heavy atom. The Morgan fingerprint density at radius 3 is 2.35 bits per heavy atom. The lowest BCUT2D eigenvalue weighted by Crippen LogP contribution is -2.43. The van der Waals surface area contributed by atoms with Crippen molar-refractivity contribution in [3.8, 4) is 0 Å². The molecular weight excluding hydrogens is 228 g/mol. The minimum Gasteiger partial charge on any atom is -0.326 e. The molecule has 4 bridgehead atoms. The molecule has 92 valence electrons. The number of nitrogens with two attached hydrogens (primary N) is 1. The van der Waals surface area contributed by atoms with Crippen LogP contribution in [0.15, 0.2) is 6.20 Å². The van der Waals surface area contributed by atoms with Crippen molar-refractivity contribution in [3.05, 3.63) is 16.6 Å². The van der Waals surface area contributed by atoms with Crippen molar-refractivity contribution < 1.29 is 0 Å². The summed E-state index contributed by atoms with van der Waals surface area (Å²) in [7, 11) is 0. The molecule has 5 rings (SSSR count). The smallest absolute Gasteiger partial charge is 0.0454 e. The molecular formula is C14H20N2S. The fourth-order valence-electron chi connectivity index (χ4n) is 5.05. The third-order valence-electron chi connectivity index (χ3n) is 5.43. The van der Waals surface area contributed by atoms with Gasteiger partial charge in [0.1, 0.15) is 0 Å². The Kier molecular flexibility index (Phi) is 2.34. The summed E-state index contributed by atoms with van der Waals surface area (Å²) in [6, 6.07) is 0. The van der Waals surface area contributed by atoms with E-state index in [1.807, 2.05) is 6.20 Å². The first-order chi connectivity index (χ1) is 8.35. The molecule has 3 heteroatoms. The Labute approximate surface area is 107 Å². The zero-order valence-corrected chi connectivity index (χ0v) is 11.0. The molecule has 1 heterocycles. The van der Waals surface area contributed by atoms with E-state index in [0.29, 0.717) is 6.54 Å². The van der Waals surface area contributed by atoms with Crippen LogP contribution in [-0.4, -0.2) is 4.37 Å². The van der Waals surface area contributed by atoms with Crippen LogP contribution < -0.4 is 5.73 Å². The van der Waals surface area contributed by atoms with E-state index in [4.69, 9.17) is 5.73 Å². The first kappa shape index (κ1) is 10.5. The van der Waals surface area contributed by atoms with Crippen LogP contribution in [-0.2, 0) is 6.54 Å². The van der Waals surface area contributed by atoms with Crippen LogP contribution in [0.5, 0.6) is 0 Å². The summed E-state index contributed by atoms with van der Waals surface area (Å²) in [4.78, 5) is 1.54. The standard InChI is InChI=1S/C14H20N2S/c15-6-12-7-16-17-14(12)13-10-2-8-1-9(4-10)5-11(13)3-8/h7-11,13H,1-6,15H2. The molecule has 0 aliphatic heterocycles. The number of hydrogen-bond acceptors (Lipinski definition) is 3. The highest BCUT2D eigenvalue weighted by atomic mass is 32.1. The zero-order valence-electron chi connectivity index (χ0n) is 10.1. The summed E-state index contributed by atoms with van der Waals surface area (Å²) in [5.74, 6) is 4.84. The summed E-state index contributed by atoms with van der Waals surface area (Å²) in [6.07, 6.45) is 9.48. The van der Waals surface area contributed by atoms with Crippen molar-refractivity contribution in [1.82, 2.24) is 4.37 Å². The number of nitrogens with zero attached hydrogens (tertiary/aromatic N) is 1. The fourth-order valence-corrected chi connectivity index (χ4v) is 6.10. The summed E-state index contributed by atoms with van der Waals surface area (Å²) in [6.45, 7) is 0.675. The Balaban J connectivity index is 1.70. The van der Waals surface area contributed by atoms with Crippen molar-refractivity contribution in [2.24, 2.45) is 29.4 Å². The molecule has 4 saturated carbocycles. The molecule has 0 unspecified atom stereocenters. The number of aromatic nitrogens is 1. The Bertz CT molecular complexity index is 398. The normalized spacial score (nSPS) is 43.2. The predicted molar refractivity (Wildman–Crippen MR) is 69.8 cm³/mol. The largest absolute Gasteiger partial charge is 0.326 e. The lowest BCUT2D eigenvalue weighted by molar-refractivity contribution is -0.00185. The van der Waals surface area contributed by atoms with Crippen LogP contribution in [0.1, 0.15) is 48.5 Å². The monoisotopic (exact) mass is 248 g/mol. The van der Waals surface area contributed by atoms with Gasteiger partial charge in [0.15, 0.2) is 0 Å². The van der Waals surface area contributed by atoms with Crippen LogP contribution in [0.4, 0.5) is 0 Å². The lowest BCUT2D eigenvalue weighted by Gasteiger charge is -2.54. The highest BCUT2D eigenvalue weighted by molar-refractivity contribution is 7.06. The molecule has 0 radical (unpaired) electrons. The Morgan fingerprint density at radius 2 is 1.76 bits per heavy atom. The van der Waals surface area contributed by atoms with Gasteiger partial charge in [0.25, 0.3) is 0 Å². The van der Waals surface area contributed by atoms with Crippen molar-refractivity contribution in [2.75, 3.05) is 0 Å². The fraction of sp³-hybridized carbons (Fsp3) is 0.786. The zero-order chi connectivity index (χ0) is 11.4. The molecule has 4 aliphatic carbocycles. The minimum atomic E-state index is 0.675. The van der Waals surface area contributed by atoms with E-state index in [1.165, 1.54) is 37.7 Å². The quantitative estimate of drug-likeness (QED) is 0.873. The van der Waals surface area contributed by atoms with E-state index in [-0.39, 0.29) is 0 Å². The molecule has 1 aromatic rings. The van der Waals surface area contributed by atoms with Crippen LogP contribution in [0.25, 0.3) is 0 Å². The molecule has 17 heavy (non-hydrogen) atoms. The van der Waals surface area contributed by atoms with Crippen molar-refractivity contribution in [1.29, 1.82) is 0 Å². The first-order valence-corrected chi connectivity index (χ1v) is 7.76. The molecule has 0 saturated heterocycles. The van der Waals surface area contributed by atoms with E-state index in [2.05, 4.69) is 4.37 Å². The molecule has 0 amide bonds. The summed E-state index contributed by atoms with van der Waals surface area (Å²) in [5, 5.41) is 0. The van der Waals surface area contributed by atoms with Crippen LogP contribution in [0, 0.1) is 23.7 Å². The van der Waals surface area contributed by atoms with Crippen LogP contribution >= 0.6 is 11.5 Å². The second kappa shape index (κ2) is 3.79. The van der Waals surface area contributed by atoms with Gasteiger partial charge in [-0.25, -0.2) is 4.37 Å². The van der Waals surface area contributed by atoms with Gasteiger partial charge < -0.3 is 5.73 Å². The second-order valence-corrected chi connectivity index (χ2v) is 7.21. The summed E-state index contributed by atoms with van der Waals surface area (Å²) < 4.78 is 4.39. The molecule has 0 aromatic carbocycles. The van der Waals surface area contributed by atoms with Crippen LogP contribution in [0.2, 0.25) is 0 Å². The van der Waals surface area contributed by atoms with Crippen LogP contribution in [0.3, 0.4) is 0 Å². The van der Waals surface area contributed by atoms with E-state index < -0.39 is 0 Å². The topological polar surface area (TPSA) is 38.9 Å².